The van der Waals surface area contributed by atoms with Crippen molar-refractivity contribution in [2.24, 2.45) is 14.1 Å². The van der Waals surface area contributed by atoms with Crippen molar-refractivity contribution in [1.82, 2.24) is 33.8 Å². The van der Waals surface area contributed by atoms with Gasteiger partial charge in [0, 0.05) is 62.5 Å². The van der Waals surface area contributed by atoms with Gasteiger partial charge < -0.3 is 4.90 Å². The maximum Gasteiger partial charge on any atom is 0.329 e. The molecule has 9 nitrogen and oxygen atoms in total. The van der Waals surface area contributed by atoms with Gasteiger partial charge in [0.15, 0.2) is 0 Å². The van der Waals surface area contributed by atoms with E-state index in [1.165, 1.54) is 0 Å². The van der Waals surface area contributed by atoms with Gasteiger partial charge in [-0.05, 0) is 36.6 Å². The Bertz CT molecular complexity index is 1690. The lowest BCUT2D eigenvalue weighted by Gasteiger charge is -2.33. The van der Waals surface area contributed by atoms with Crippen LogP contribution in [0.15, 0.2) is 59.9 Å². The number of nitrogens with zero attached hydrogens (tertiary/aromatic N) is 7. The molecular formula is C28H29N7O2. The van der Waals surface area contributed by atoms with Crippen molar-refractivity contribution < 1.29 is 4.79 Å². The average molecular weight is 496 g/mol. The van der Waals surface area contributed by atoms with Crippen molar-refractivity contribution in [2.45, 2.75) is 32.2 Å². The number of hydrogen-bond donors (Lipinski definition) is 0. The fourth-order valence-electron chi connectivity index (χ4n) is 5.45. The number of imidazole rings is 1. The molecule has 37 heavy (non-hydrogen) atoms. The standard InChI is InChI=1S/C28H29N7O2/c1-4-26(36)34-11-5-6-21(17-34)35-27-22-12-18(7-10-24(22)30-15-25(27)33(3)28(35)37)19-8-9-23(29-13-19)20-14-31-32(2)16-20/h7-10,12-16,21H,4-6,11,17H2,1-3H3. The van der Waals surface area contributed by atoms with E-state index in [1.54, 1.807) is 28.7 Å². The zero-order valence-corrected chi connectivity index (χ0v) is 21.3. The van der Waals surface area contributed by atoms with Gasteiger partial charge in [-0.15, -0.1) is 0 Å². The summed E-state index contributed by atoms with van der Waals surface area (Å²) in [5.74, 6) is 0.133. The molecule has 1 aliphatic rings. The Morgan fingerprint density at radius 2 is 1.86 bits per heavy atom. The molecule has 188 valence electrons. The number of benzene rings is 1. The largest absolute Gasteiger partial charge is 0.341 e. The molecule has 0 spiro atoms. The number of aromatic nitrogens is 6. The van der Waals surface area contributed by atoms with Gasteiger partial charge in [-0.3, -0.25) is 28.6 Å². The highest BCUT2D eigenvalue weighted by atomic mass is 16.2. The van der Waals surface area contributed by atoms with E-state index in [9.17, 15) is 9.59 Å². The minimum absolute atomic E-state index is 0.0739. The van der Waals surface area contributed by atoms with Crippen LogP contribution in [0.4, 0.5) is 0 Å². The number of piperidine rings is 1. The van der Waals surface area contributed by atoms with Crippen LogP contribution in [0.2, 0.25) is 0 Å². The summed E-state index contributed by atoms with van der Waals surface area (Å²) in [6, 6.07) is 10.1. The molecule has 4 aromatic heterocycles. The lowest BCUT2D eigenvalue weighted by molar-refractivity contribution is -0.132. The van der Waals surface area contributed by atoms with Crippen LogP contribution in [-0.2, 0) is 18.9 Å². The summed E-state index contributed by atoms with van der Waals surface area (Å²) in [5.41, 5.74) is 6.22. The predicted molar refractivity (Wildman–Crippen MR) is 143 cm³/mol. The first-order valence-electron chi connectivity index (χ1n) is 12.7. The van der Waals surface area contributed by atoms with Gasteiger partial charge in [0.2, 0.25) is 5.91 Å². The molecule has 9 heteroatoms. The normalized spacial score (nSPS) is 16.1. The van der Waals surface area contributed by atoms with E-state index in [2.05, 4.69) is 27.2 Å². The topological polar surface area (TPSA) is 90.8 Å². The minimum Gasteiger partial charge on any atom is -0.341 e. The Balaban J connectivity index is 1.46. The van der Waals surface area contributed by atoms with Gasteiger partial charge in [0.05, 0.1) is 40.7 Å². The first kappa shape index (κ1) is 23.1. The van der Waals surface area contributed by atoms with Crippen molar-refractivity contribution in [3.8, 4) is 22.4 Å². The number of hydrogen-bond acceptors (Lipinski definition) is 5. The summed E-state index contributed by atoms with van der Waals surface area (Å²) >= 11 is 0. The van der Waals surface area contributed by atoms with E-state index in [4.69, 9.17) is 0 Å². The number of fused-ring (bicyclic) bond motifs is 3. The van der Waals surface area contributed by atoms with Crippen LogP contribution in [0.3, 0.4) is 0 Å². The summed E-state index contributed by atoms with van der Waals surface area (Å²) in [5, 5.41) is 5.15. The quantitative estimate of drug-likeness (QED) is 0.377. The Hall–Kier alpha value is -4.27. The molecule has 1 saturated heterocycles. The second-order valence-corrected chi connectivity index (χ2v) is 9.76. The maximum atomic E-state index is 13.5. The second-order valence-electron chi connectivity index (χ2n) is 9.76. The highest BCUT2D eigenvalue weighted by Gasteiger charge is 2.28. The van der Waals surface area contributed by atoms with Gasteiger partial charge >= 0.3 is 5.69 Å². The zero-order valence-electron chi connectivity index (χ0n) is 21.3. The summed E-state index contributed by atoms with van der Waals surface area (Å²) < 4.78 is 5.32. The first-order valence-corrected chi connectivity index (χ1v) is 12.7. The number of carbonyl (C=O) groups excluding carboxylic acids is 1. The molecule has 6 rings (SSSR count). The molecule has 5 aromatic rings. The summed E-state index contributed by atoms with van der Waals surface area (Å²) in [4.78, 5) is 37.1. The molecule has 0 radical (unpaired) electrons. The molecule has 1 unspecified atom stereocenters. The van der Waals surface area contributed by atoms with Crippen molar-refractivity contribution >= 4 is 27.8 Å². The van der Waals surface area contributed by atoms with E-state index in [0.29, 0.717) is 13.0 Å². The molecule has 0 N–H and O–H groups in total. The predicted octanol–water partition coefficient (Wildman–Crippen LogP) is 3.92. The van der Waals surface area contributed by atoms with Crippen LogP contribution in [0, 0.1) is 0 Å². The lowest BCUT2D eigenvalue weighted by Crippen LogP contribution is -2.42. The molecule has 0 aliphatic carbocycles. The molecule has 1 amide bonds. The van der Waals surface area contributed by atoms with Crippen LogP contribution in [-0.4, -0.2) is 52.8 Å². The molecule has 0 saturated carbocycles. The fraction of sp³-hybridized carbons (Fsp3) is 0.321. The van der Waals surface area contributed by atoms with Gasteiger partial charge in [-0.1, -0.05) is 19.1 Å². The monoisotopic (exact) mass is 495 g/mol. The number of likely N-dealkylation sites (tertiary alicyclic amines) is 1. The molecule has 0 bridgehead atoms. The Kier molecular flexibility index (Phi) is 5.62. The summed E-state index contributed by atoms with van der Waals surface area (Å²) in [6.07, 6.45) is 9.59. The lowest BCUT2D eigenvalue weighted by atomic mass is 10.0. The third-order valence-corrected chi connectivity index (χ3v) is 7.43. The van der Waals surface area contributed by atoms with Gasteiger partial charge in [-0.2, -0.15) is 5.10 Å². The molecule has 5 heterocycles. The van der Waals surface area contributed by atoms with Crippen LogP contribution in [0.25, 0.3) is 44.3 Å². The second kappa shape index (κ2) is 8.99. The molecule has 1 atom stereocenters. The number of pyridine rings is 2. The number of carbonyl (C=O) groups is 1. The van der Waals surface area contributed by atoms with Crippen LogP contribution in [0.1, 0.15) is 32.2 Å². The van der Waals surface area contributed by atoms with Crippen LogP contribution in [0.5, 0.6) is 0 Å². The van der Waals surface area contributed by atoms with Crippen molar-refractivity contribution in [3.05, 3.63) is 65.6 Å². The number of rotatable bonds is 4. The highest BCUT2D eigenvalue weighted by Crippen LogP contribution is 2.32. The third-order valence-electron chi connectivity index (χ3n) is 7.43. The fourth-order valence-corrected chi connectivity index (χ4v) is 5.45. The van der Waals surface area contributed by atoms with Crippen molar-refractivity contribution in [2.75, 3.05) is 13.1 Å². The van der Waals surface area contributed by atoms with Crippen LogP contribution >= 0.6 is 0 Å². The van der Waals surface area contributed by atoms with Gasteiger partial charge in [0.1, 0.15) is 0 Å². The van der Waals surface area contributed by atoms with Crippen molar-refractivity contribution in [1.29, 1.82) is 0 Å². The van der Waals surface area contributed by atoms with E-state index < -0.39 is 0 Å². The Morgan fingerprint density at radius 1 is 1.03 bits per heavy atom. The van der Waals surface area contributed by atoms with Crippen molar-refractivity contribution in [3.63, 3.8) is 0 Å². The Labute approximate surface area is 214 Å². The SMILES string of the molecule is CCC(=O)N1CCCC(n2c(=O)n(C)c3cnc4ccc(-c5ccc(-c6cnn(C)c6)nc5)cc4c32)C1. The number of aryl methyl sites for hydroxylation is 2. The maximum absolute atomic E-state index is 13.5. The van der Waals surface area contributed by atoms with E-state index >= 15 is 0 Å². The highest BCUT2D eigenvalue weighted by molar-refractivity contribution is 6.04. The third kappa shape index (κ3) is 3.91. The summed E-state index contributed by atoms with van der Waals surface area (Å²) in [7, 11) is 3.68. The molecular weight excluding hydrogens is 466 g/mol. The van der Waals surface area contributed by atoms with E-state index in [1.807, 2.05) is 54.0 Å². The van der Waals surface area contributed by atoms with Crippen LogP contribution < -0.4 is 5.69 Å². The smallest absolute Gasteiger partial charge is 0.329 e. The Morgan fingerprint density at radius 3 is 2.59 bits per heavy atom. The molecule has 1 fully saturated rings. The average Bonchev–Trinajstić information content (AvgIpc) is 3.48. The first-order chi connectivity index (χ1) is 17.9. The molecule has 1 aliphatic heterocycles. The number of amides is 1. The van der Waals surface area contributed by atoms with Gasteiger partial charge in [-0.25, -0.2) is 4.79 Å². The molecule has 1 aromatic carbocycles. The van der Waals surface area contributed by atoms with E-state index in [0.717, 1.165) is 63.7 Å². The van der Waals surface area contributed by atoms with E-state index in [-0.39, 0.29) is 17.6 Å². The summed E-state index contributed by atoms with van der Waals surface area (Å²) in [6.45, 7) is 3.18. The zero-order chi connectivity index (χ0) is 25.7. The van der Waals surface area contributed by atoms with Gasteiger partial charge in [0.25, 0.3) is 0 Å². The minimum atomic E-state index is -0.0759.